The predicted octanol–water partition coefficient (Wildman–Crippen LogP) is 3.31. The Labute approximate surface area is 175 Å². The van der Waals surface area contributed by atoms with E-state index in [1.165, 1.54) is 0 Å². The van der Waals surface area contributed by atoms with Crippen LogP contribution in [0.4, 0.5) is 9.59 Å². The van der Waals surface area contributed by atoms with Crippen LogP contribution in [-0.2, 0) is 11.3 Å². The molecule has 0 atom stereocenters. The second kappa shape index (κ2) is 5.98. The summed E-state index contributed by atoms with van der Waals surface area (Å²) >= 11 is 0. The molecular weight excluding hydrogens is 376 g/mol. The van der Waals surface area contributed by atoms with Crippen LogP contribution in [-0.4, -0.2) is 57.8 Å². The molecule has 0 saturated carbocycles. The van der Waals surface area contributed by atoms with E-state index < -0.39 is 11.3 Å². The third-order valence-electron chi connectivity index (χ3n) is 6.81. The summed E-state index contributed by atoms with van der Waals surface area (Å²) in [6.07, 6.45) is 8.00. The van der Waals surface area contributed by atoms with Gasteiger partial charge in [-0.15, -0.1) is 0 Å². The molecule has 0 bridgehead atoms. The lowest BCUT2D eigenvalue weighted by Gasteiger charge is -2.49. The number of nitrogens with zero attached hydrogens (tertiary/aromatic N) is 4. The Bertz CT molecular complexity index is 955. The summed E-state index contributed by atoms with van der Waals surface area (Å²) in [5.41, 5.74) is -0.0178. The molecule has 0 radical (unpaired) electrons. The van der Waals surface area contributed by atoms with Crippen molar-refractivity contribution in [2.24, 2.45) is 0 Å². The van der Waals surface area contributed by atoms with Crippen LogP contribution < -0.4 is 0 Å². The lowest BCUT2D eigenvalue weighted by atomic mass is 9.79. The maximum atomic E-state index is 13.9. The summed E-state index contributed by atoms with van der Waals surface area (Å²) in [6.45, 7) is 1.83. The van der Waals surface area contributed by atoms with E-state index >= 15 is 0 Å². The van der Waals surface area contributed by atoms with E-state index in [1.54, 1.807) is 0 Å². The fraction of sp³-hybridized carbons (Fsp3) is 0.250. The smallest absolute Gasteiger partial charge is 0.289 e. The zero-order valence-corrected chi connectivity index (χ0v) is 16.5. The summed E-state index contributed by atoms with van der Waals surface area (Å²) in [4.78, 5) is 35.4. The highest BCUT2D eigenvalue weighted by Gasteiger charge is 2.79. The minimum atomic E-state index is -0.959. The Balaban J connectivity index is 1.79. The Morgan fingerprint density at radius 1 is 0.500 bits per heavy atom. The average Bonchev–Trinajstić information content (AvgIpc) is 2.99. The van der Waals surface area contributed by atoms with Gasteiger partial charge in [-0.1, -0.05) is 85.0 Å². The first-order valence-electron chi connectivity index (χ1n) is 10.3. The highest BCUT2D eigenvalue weighted by atomic mass is 16.2. The number of amides is 4. The van der Waals surface area contributed by atoms with E-state index in [4.69, 9.17) is 0 Å². The molecule has 150 valence electrons. The zero-order chi connectivity index (χ0) is 20.3. The highest BCUT2D eigenvalue weighted by Crippen LogP contribution is 2.62. The molecule has 4 heterocycles. The number of carbonyl (C=O) groups is 2. The van der Waals surface area contributed by atoms with Crippen molar-refractivity contribution in [1.29, 1.82) is 0 Å². The van der Waals surface area contributed by atoms with Crippen molar-refractivity contribution in [3.05, 3.63) is 96.1 Å². The molecule has 2 saturated heterocycles. The largest absolute Gasteiger partial charge is 0.325 e. The zero-order valence-electron chi connectivity index (χ0n) is 16.5. The van der Waals surface area contributed by atoms with Gasteiger partial charge in [-0.2, -0.15) is 0 Å². The summed E-state index contributed by atoms with van der Waals surface area (Å²) in [5, 5.41) is 0. The van der Waals surface area contributed by atoms with Crippen LogP contribution in [0, 0.1) is 0 Å². The molecule has 0 spiro atoms. The fourth-order valence-electron chi connectivity index (χ4n) is 5.82. The van der Waals surface area contributed by atoms with E-state index in [-0.39, 0.29) is 12.1 Å². The van der Waals surface area contributed by atoms with Gasteiger partial charge >= 0.3 is 12.1 Å². The minimum absolute atomic E-state index is 0.0525. The molecule has 30 heavy (non-hydrogen) atoms. The summed E-state index contributed by atoms with van der Waals surface area (Å²) in [6, 6.07) is 20.0. The molecule has 0 aliphatic carbocycles. The van der Waals surface area contributed by atoms with Gasteiger partial charge < -0.3 is 0 Å². The predicted molar refractivity (Wildman–Crippen MR) is 112 cm³/mol. The van der Waals surface area contributed by atoms with Gasteiger partial charge in [0.05, 0.1) is 0 Å². The molecule has 0 N–H and O–H groups in total. The van der Waals surface area contributed by atoms with Crippen LogP contribution in [0.2, 0.25) is 0 Å². The van der Waals surface area contributed by atoms with Crippen molar-refractivity contribution in [3.63, 3.8) is 0 Å². The fourth-order valence-corrected chi connectivity index (χ4v) is 5.82. The number of hydrogen-bond donors (Lipinski definition) is 0. The Hall–Kier alpha value is -3.54. The molecule has 2 aromatic rings. The second-order valence-electron chi connectivity index (χ2n) is 8.03. The van der Waals surface area contributed by atoms with Crippen molar-refractivity contribution >= 4 is 12.1 Å². The standard InChI is InChI=1S/C24H22N4O2/c29-21-25-15-7-8-16-26-22(30)28-18-10-9-17-27(21)24(28,20-13-5-2-6-14-20)23(25,26)19-11-3-1-4-12-19/h1-14H,15-18H2. The first kappa shape index (κ1) is 17.3. The first-order chi connectivity index (χ1) is 14.7. The monoisotopic (exact) mass is 398 g/mol. The topological polar surface area (TPSA) is 47.1 Å². The highest BCUT2D eigenvalue weighted by molar-refractivity contribution is 5.90. The lowest BCUT2D eigenvalue weighted by Crippen LogP contribution is -2.63. The van der Waals surface area contributed by atoms with Crippen molar-refractivity contribution in [1.82, 2.24) is 19.6 Å². The Kier molecular flexibility index (Phi) is 3.46. The van der Waals surface area contributed by atoms with Crippen molar-refractivity contribution < 1.29 is 9.59 Å². The molecule has 6 rings (SSSR count). The molecule has 4 amide bonds. The van der Waals surface area contributed by atoms with Crippen LogP contribution in [0.3, 0.4) is 0 Å². The van der Waals surface area contributed by atoms with Gasteiger partial charge in [0.2, 0.25) is 0 Å². The van der Waals surface area contributed by atoms with Crippen molar-refractivity contribution in [3.8, 4) is 0 Å². The quantitative estimate of drug-likeness (QED) is 0.729. The lowest BCUT2D eigenvalue weighted by molar-refractivity contribution is -0.0608. The molecule has 4 aliphatic rings. The van der Waals surface area contributed by atoms with Gasteiger partial charge in [0.25, 0.3) is 0 Å². The van der Waals surface area contributed by atoms with Crippen LogP contribution in [0.1, 0.15) is 11.1 Å². The number of carbonyl (C=O) groups excluding carboxylic acids is 2. The van der Waals surface area contributed by atoms with E-state index in [0.29, 0.717) is 26.2 Å². The number of urea groups is 2. The molecule has 6 heteroatoms. The SMILES string of the molecule is O=C1N2CC=CCN3C(=O)N4CC=CCN1C4(c1ccccc1)C23c1ccccc1. The third-order valence-corrected chi connectivity index (χ3v) is 6.81. The van der Waals surface area contributed by atoms with Crippen molar-refractivity contribution in [2.75, 3.05) is 26.2 Å². The van der Waals surface area contributed by atoms with Gasteiger partial charge in [0.1, 0.15) is 0 Å². The van der Waals surface area contributed by atoms with Crippen LogP contribution in [0.25, 0.3) is 0 Å². The maximum Gasteiger partial charge on any atom is 0.325 e. The van der Waals surface area contributed by atoms with E-state index in [9.17, 15) is 9.59 Å². The van der Waals surface area contributed by atoms with Crippen LogP contribution in [0.5, 0.6) is 0 Å². The van der Waals surface area contributed by atoms with E-state index in [0.717, 1.165) is 11.1 Å². The normalized spacial score (nSPS) is 29.3. The summed E-state index contributed by atoms with van der Waals surface area (Å²) < 4.78 is 0. The Morgan fingerprint density at radius 2 is 0.800 bits per heavy atom. The molecule has 2 fully saturated rings. The van der Waals surface area contributed by atoms with Gasteiger partial charge in [0.15, 0.2) is 11.3 Å². The maximum absolute atomic E-state index is 13.9. The molecule has 6 nitrogen and oxygen atoms in total. The third kappa shape index (κ3) is 1.76. The number of hydrogen-bond acceptors (Lipinski definition) is 2. The number of rotatable bonds is 2. The summed E-state index contributed by atoms with van der Waals surface area (Å²) in [7, 11) is 0. The number of benzene rings is 2. The molecule has 0 unspecified atom stereocenters. The average molecular weight is 398 g/mol. The minimum Gasteiger partial charge on any atom is -0.289 e. The first-order valence-corrected chi connectivity index (χ1v) is 10.3. The van der Waals surface area contributed by atoms with Gasteiger partial charge in [-0.3, -0.25) is 19.6 Å². The van der Waals surface area contributed by atoms with Gasteiger partial charge in [-0.05, 0) is 0 Å². The summed E-state index contributed by atoms with van der Waals surface area (Å²) in [5.74, 6) is 0. The van der Waals surface area contributed by atoms with Crippen LogP contribution >= 0.6 is 0 Å². The molecular formula is C24H22N4O2. The molecule has 2 aromatic carbocycles. The van der Waals surface area contributed by atoms with Gasteiger partial charge in [-0.25, -0.2) is 9.59 Å². The molecule has 0 aromatic heterocycles. The van der Waals surface area contributed by atoms with Crippen molar-refractivity contribution in [2.45, 2.75) is 11.3 Å². The van der Waals surface area contributed by atoms with Crippen LogP contribution in [0.15, 0.2) is 85.0 Å². The van der Waals surface area contributed by atoms with E-state index in [1.807, 2.05) is 105 Å². The Morgan fingerprint density at radius 3 is 1.10 bits per heavy atom. The molecule has 4 aliphatic heterocycles. The second-order valence-corrected chi connectivity index (χ2v) is 8.03. The van der Waals surface area contributed by atoms with E-state index in [2.05, 4.69) is 0 Å². The van der Waals surface area contributed by atoms with Gasteiger partial charge in [0, 0.05) is 37.3 Å².